The van der Waals surface area contributed by atoms with Crippen LogP contribution in [0.3, 0.4) is 0 Å². The molecular formula is C12H23NO2S. The lowest BCUT2D eigenvalue weighted by atomic mass is 9.85. The van der Waals surface area contributed by atoms with E-state index in [0.717, 1.165) is 18.6 Å². The van der Waals surface area contributed by atoms with Crippen molar-refractivity contribution in [1.29, 1.82) is 0 Å². The number of aliphatic hydroxyl groups excluding tert-OH is 1. The Hall–Kier alpha value is -0.220. The van der Waals surface area contributed by atoms with Crippen molar-refractivity contribution in [3.8, 4) is 0 Å². The van der Waals surface area contributed by atoms with Crippen LogP contribution in [0.15, 0.2) is 0 Å². The van der Waals surface area contributed by atoms with Crippen molar-refractivity contribution in [3.05, 3.63) is 0 Å². The van der Waals surface area contributed by atoms with Crippen LogP contribution in [0.4, 0.5) is 0 Å². The van der Waals surface area contributed by atoms with Gasteiger partial charge < -0.3 is 10.4 Å². The van der Waals surface area contributed by atoms with E-state index in [1.54, 1.807) is 11.8 Å². The number of aliphatic hydroxyl groups is 1. The minimum Gasteiger partial charge on any atom is -0.396 e. The Morgan fingerprint density at radius 1 is 1.56 bits per heavy atom. The number of carbonyl (C=O) groups excluding carboxylic acids is 1. The molecule has 1 heterocycles. The standard InChI is InChI=1S/C12H23NO2S/c1-12(2,3)10(6-7-14)13-11(15)9-5-4-8-16-9/h9-10,14H,4-8H2,1-3H3,(H,13,15). The minimum atomic E-state index is 0.00165. The molecule has 94 valence electrons. The molecule has 0 aliphatic carbocycles. The lowest BCUT2D eigenvalue weighted by molar-refractivity contribution is -0.122. The van der Waals surface area contributed by atoms with Crippen LogP contribution in [0.2, 0.25) is 0 Å². The molecular weight excluding hydrogens is 222 g/mol. The first-order valence-electron chi connectivity index (χ1n) is 5.98. The zero-order valence-corrected chi connectivity index (χ0v) is 11.3. The molecule has 4 heteroatoms. The predicted octanol–water partition coefficient (Wildman–Crippen LogP) is 1.80. The summed E-state index contributed by atoms with van der Waals surface area (Å²) in [5, 5.41) is 12.2. The average molecular weight is 245 g/mol. The Morgan fingerprint density at radius 3 is 2.69 bits per heavy atom. The molecule has 0 radical (unpaired) electrons. The van der Waals surface area contributed by atoms with Crippen LogP contribution in [-0.4, -0.2) is 34.7 Å². The monoisotopic (exact) mass is 245 g/mol. The molecule has 1 aliphatic rings. The molecule has 0 aromatic heterocycles. The average Bonchev–Trinajstić information content (AvgIpc) is 2.68. The van der Waals surface area contributed by atoms with E-state index in [0.29, 0.717) is 6.42 Å². The van der Waals surface area contributed by atoms with Crippen LogP contribution in [-0.2, 0) is 4.79 Å². The van der Waals surface area contributed by atoms with E-state index >= 15 is 0 Å². The van der Waals surface area contributed by atoms with Gasteiger partial charge in [-0.1, -0.05) is 20.8 Å². The third-order valence-electron chi connectivity index (χ3n) is 3.00. The van der Waals surface area contributed by atoms with Crippen LogP contribution < -0.4 is 5.32 Å². The number of hydrogen-bond donors (Lipinski definition) is 2. The van der Waals surface area contributed by atoms with Gasteiger partial charge in [0.15, 0.2) is 0 Å². The van der Waals surface area contributed by atoms with E-state index in [2.05, 4.69) is 26.1 Å². The molecule has 3 nitrogen and oxygen atoms in total. The Labute approximate surface area is 102 Å². The Kier molecular flexibility index (Phi) is 5.12. The number of carbonyl (C=O) groups is 1. The van der Waals surface area contributed by atoms with Crippen LogP contribution in [0, 0.1) is 5.41 Å². The first kappa shape index (κ1) is 13.8. The summed E-state index contributed by atoms with van der Waals surface area (Å²) < 4.78 is 0. The highest BCUT2D eigenvalue weighted by Crippen LogP contribution is 2.28. The smallest absolute Gasteiger partial charge is 0.233 e. The quantitative estimate of drug-likeness (QED) is 0.794. The maximum absolute atomic E-state index is 12.0. The molecule has 0 spiro atoms. The third kappa shape index (κ3) is 3.98. The van der Waals surface area contributed by atoms with Crippen molar-refractivity contribution >= 4 is 17.7 Å². The number of nitrogens with one attached hydrogen (secondary N) is 1. The molecule has 2 N–H and O–H groups in total. The second kappa shape index (κ2) is 5.92. The molecule has 1 amide bonds. The molecule has 1 fully saturated rings. The molecule has 1 aliphatic heterocycles. The van der Waals surface area contributed by atoms with Crippen molar-refractivity contribution < 1.29 is 9.90 Å². The largest absolute Gasteiger partial charge is 0.396 e. The van der Waals surface area contributed by atoms with E-state index in [4.69, 9.17) is 5.11 Å². The zero-order valence-electron chi connectivity index (χ0n) is 10.5. The molecule has 0 aromatic rings. The fourth-order valence-corrected chi connectivity index (χ4v) is 3.07. The van der Waals surface area contributed by atoms with Gasteiger partial charge in [0.2, 0.25) is 5.91 Å². The summed E-state index contributed by atoms with van der Waals surface area (Å²) in [5.41, 5.74) is 0.00165. The molecule has 16 heavy (non-hydrogen) atoms. The zero-order chi connectivity index (χ0) is 12.2. The molecule has 2 atom stereocenters. The maximum atomic E-state index is 12.0. The molecule has 0 bridgehead atoms. The second-order valence-electron chi connectivity index (χ2n) is 5.44. The predicted molar refractivity (Wildman–Crippen MR) is 68.6 cm³/mol. The Bertz CT molecular complexity index is 232. The summed E-state index contributed by atoms with van der Waals surface area (Å²) in [7, 11) is 0. The second-order valence-corrected chi connectivity index (χ2v) is 6.75. The van der Waals surface area contributed by atoms with E-state index in [-0.39, 0.29) is 29.2 Å². The normalized spacial score (nSPS) is 23.1. The van der Waals surface area contributed by atoms with Gasteiger partial charge in [-0.15, -0.1) is 11.8 Å². The van der Waals surface area contributed by atoms with Gasteiger partial charge >= 0.3 is 0 Å². The molecule has 1 rings (SSSR count). The topological polar surface area (TPSA) is 49.3 Å². The summed E-state index contributed by atoms with van der Waals surface area (Å²) in [6.07, 6.45) is 2.77. The maximum Gasteiger partial charge on any atom is 0.233 e. The van der Waals surface area contributed by atoms with Gasteiger partial charge in [0.25, 0.3) is 0 Å². The first-order chi connectivity index (χ1) is 7.45. The highest BCUT2D eigenvalue weighted by molar-refractivity contribution is 8.00. The van der Waals surface area contributed by atoms with Crippen molar-refractivity contribution in [2.75, 3.05) is 12.4 Å². The van der Waals surface area contributed by atoms with E-state index in [1.807, 2.05) is 0 Å². The Balaban J connectivity index is 2.50. The van der Waals surface area contributed by atoms with E-state index < -0.39 is 0 Å². The van der Waals surface area contributed by atoms with Crippen LogP contribution in [0.1, 0.15) is 40.0 Å². The third-order valence-corrected chi connectivity index (χ3v) is 4.38. The molecule has 0 aromatic carbocycles. The summed E-state index contributed by atoms with van der Waals surface area (Å²) in [4.78, 5) is 12.0. The van der Waals surface area contributed by atoms with Crippen molar-refractivity contribution in [1.82, 2.24) is 5.32 Å². The SMILES string of the molecule is CC(C)(C)C(CCO)NC(=O)C1CCCS1. The van der Waals surface area contributed by atoms with Gasteiger partial charge in [0, 0.05) is 12.6 Å². The number of amides is 1. The van der Waals surface area contributed by atoms with Crippen LogP contribution in [0.25, 0.3) is 0 Å². The summed E-state index contributed by atoms with van der Waals surface area (Å²) in [6, 6.07) is 0.0613. The first-order valence-corrected chi connectivity index (χ1v) is 7.03. The summed E-state index contributed by atoms with van der Waals surface area (Å²) in [6.45, 7) is 6.40. The number of hydrogen-bond acceptors (Lipinski definition) is 3. The van der Waals surface area contributed by atoms with E-state index in [9.17, 15) is 4.79 Å². The number of thioether (sulfide) groups is 1. The van der Waals surface area contributed by atoms with Gasteiger partial charge in [-0.05, 0) is 30.4 Å². The van der Waals surface area contributed by atoms with Gasteiger partial charge in [-0.2, -0.15) is 0 Å². The van der Waals surface area contributed by atoms with Gasteiger partial charge in [0.05, 0.1) is 5.25 Å². The molecule has 0 saturated carbocycles. The molecule has 2 unspecified atom stereocenters. The lowest BCUT2D eigenvalue weighted by Crippen LogP contribution is -2.47. The van der Waals surface area contributed by atoms with Crippen molar-refractivity contribution in [2.24, 2.45) is 5.41 Å². The van der Waals surface area contributed by atoms with Crippen molar-refractivity contribution in [2.45, 2.75) is 51.3 Å². The summed E-state index contributed by atoms with van der Waals surface area (Å²) >= 11 is 1.75. The highest BCUT2D eigenvalue weighted by atomic mass is 32.2. The molecule has 1 saturated heterocycles. The Morgan fingerprint density at radius 2 is 2.25 bits per heavy atom. The van der Waals surface area contributed by atoms with Gasteiger partial charge in [0.1, 0.15) is 0 Å². The van der Waals surface area contributed by atoms with E-state index in [1.165, 1.54) is 0 Å². The lowest BCUT2D eigenvalue weighted by Gasteiger charge is -2.31. The van der Waals surface area contributed by atoms with Crippen molar-refractivity contribution in [3.63, 3.8) is 0 Å². The number of rotatable bonds is 4. The highest BCUT2D eigenvalue weighted by Gasteiger charge is 2.30. The minimum absolute atomic E-state index is 0.00165. The fraction of sp³-hybridized carbons (Fsp3) is 0.917. The van der Waals surface area contributed by atoms with Gasteiger partial charge in [-0.3, -0.25) is 4.79 Å². The summed E-state index contributed by atoms with van der Waals surface area (Å²) in [5.74, 6) is 1.24. The van der Waals surface area contributed by atoms with Crippen LogP contribution in [0.5, 0.6) is 0 Å². The van der Waals surface area contributed by atoms with Gasteiger partial charge in [-0.25, -0.2) is 0 Å². The fourth-order valence-electron chi connectivity index (χ4n) is 1.90. The van der Waals surface area contributed by atoms with Crippen LogP contribution >= 0.6 is 11.8 Å².